The molecule has 0 aromatic heterocycles. The number of benzene rings is 2. The number of carbonyl (C=O) groups is 1. The molecule has 0 radical (unpaired) electrons. The van der Waals surface area contributed by atoms with Gasteiger partial charge in [0.25, 0.3) is 5.91 Å². The number of anilines is 2. The fourth-order valence-electron chi connectivity index (χ4n) is 1.47. The van der Waals surface area contributed by atoms with Crippen molar-refractivity contribution in [3.8, 4) is 0 Å². The van der Waals surface area contributed by atoms with Crippen molar-refractivity contribution in [2.75, 3.05) is 11.1 Å². The molecule has 0 aliphatic heterocycles. The Hall–Kier alpha value is -1.27. The molecule has 92 valence electrons. The van der Waals surface area contributed by atoms with Gasteiger partial charge in [0.15, 0.2) is 0 Å². The number of nitrogens with two attached hydrogens (primary N) is 1. The van der Waals surface area contributed by atoms with E-state index in [0.29, 0.717) is 16.3 Å². The third-order valence-corrected chi connectivity index (χ3v) is 3.45. The van der Waals surface area contributed by atoms with E-state index in [-0.39, 0.29) is 5.91 Å². The highest BCUT2D eigenvalue weighted by Crippen LogP contribution is 2.23. The highest BCUT2D eigenvalue weighted by atomic mass is 127. The number of rotatable bonds is 2. The molecule has 2 rings (SSSR count). The van der Waals surface area contributed by atoms with Gasteiger partial charge in [-0.05, 0) is 59.0 Å². The first-order valence-corrected chi connectivity index (χ1v) is 6.64. The highest BCUT2D eigenvalue weighted by Gasteiger charge is 2.11. The number of para-hydroxylation sites is 1. The molecule has 0 unspecified atom stereocenters. The van der Waals surface area contributed by atoms with Gasteiger partial charge in [0, 0.05) is 9.26 Å². The van der Waals surface area contributed by atoms with Crippen LogP contribution in [0.2, 0.25) is 5.02 Å². The van der Waals surface area contributed by atoms with Crippen LogP contribution >= 0.6 is 34.2 Å². The molecule has 0 saturated carbocycles. The van der Waals surface area contributed by atoms with Gasteiger partial charge in [0.1, 0.15) is 0 Å². The van der Waals surface area contributed by atoms with E-state index in [1.54, 1.807) is 18.2 Å². The van der Waals surface area contributed by atoms with Gasteiger partial charge in [-0.3, -0.25) is 4.79 Å². The summed E-state index contributed by atoms with van der Waals surface area (Å²) in [6.07, 6.45) is 0. The number of hydrogen-bond acceptors (Lipinski definition) is 2. The Balaban J connectivity index is 2.22. The monoisotopic (exact) mass is 372 g/mol. The number of carbonyl (C=O) groups excluding carboxylic acids is 1. The smallest absolute Gasteiger partial charge is 0.257 e. The third kappa shape index (κ3) is 2.94. The van der Waals surface area contributed by atoms with E-state index in [9.17, 15) is 4.79 Å². The van der Waals surface area contributed by atoms with Crippen molar-refractivity contribution in [2.45, 2.75) is 0 Å². The predicted molar refractivity (Wildman–Crippen MR) is 83.0 cm³/mol. The van der Waals surface area contributed by atoms with E-state index < -0.39 is 0 Å². The molecule has 0 fully saturated rings. The SMILES string of the molecule is Nc1c(Cl)cccc1C(=O)Nc1ccc(I)cc1. The molecule has 3 N–H and O–H groups in total. The van der Waals surface area contributed by atoms with Crippen LogP contribution in [0.1, 0.15) is 10.4 Å². The molecule has 0 heterocycles. The van der Waals surface area contributed by atoms with Gasteiger partial charge >= 0.3 is 0 Å². The molecule has 0 saturated heterocycles. The largest absolute Gasteiger partial charge is 0.397 e. The van der Waals surface area contributed by atoms with Crippen molar-refractivity contribution in [1.29, 1.82) is 0 Å². The zero-order valence-corrected chi connectivity index (χ0v) is 12.2. The fourth-order valence-corrected chi connectivity index (χ4v) is 2.00. The average Bonchev–Trinajstić information content (AvgIpc) is 2.35. The van der Waals surface area contributed by atoms with Crippen molar-refractivity contribution in [1.82, 2.24) is 0 Å². The maximum atomic E-state index is 12.0. The Morgan fingerprint density at radius 2 is 1.83 bits per heavy atom. The van der Waals surface area contributed by atoms with Gasteiger partial charge in [-0.15, -0.1) is 0 Å². The van der Waals surface area contributed by atoms with Crippen LogP contribution in [0.4, 0.5) is 11.4 Å². The zero-order valence-electron chi connectivity index (χ0n) is 9.28. The van der Waals surface area contributed by atoms with Gasteiger partial charge in [0.05, 0.1) is 16.3 Å². The maximum absolute atomic E-state index is 12.0. The summed E-state index contributed by atoms with van der Waals surface area (Å²) in [7, 11) is 0. The summed E-state index contributed by atoms with van der Waals surface area (Å²) in [5.41, 5.74) is 7.16. The molecule has 18 heavy (non-hydrogen) atoms. The topological polar surface area (TPSA) is 55.1 Å². The second-order valence-corrected chi connectivity index (χ2v) is 5.31. The van der Waals surface area contributed by atoms with E-state index in [1.807, 2.05) is 24.3 Å². The van der Waals surface area contributed by atoms with Crippen molar-refractivity contribution in [3.05, 3.63) is 56.6 Å². The van der Waals surface area contributed by atoms with Crippen LogP contribution in [0.3, 0.4) is 0 Å². The van der Waals surface area contributed by atoms with Crippen molar-refractivity contribution in [2.24, 2.45) is 0 Å². The second-order valence-electron chi connectivity index (χ2n) is 3.66. The lowest BCUT2D eigenvalue weighted by molar-refractivity contribution is 0.102. The van der Waals surface area contributed by atoms with Crippen LogP contribution < -0.4 is 11.1 Å². The normalized spacial score (nSPS) is 10.1. The van der Waals surface area contributed by atoms with E-state index in [0.717, 1.165) is 9.26 Å². The van der Waals surface area contributed by atoms with E-state index in [2.05, 4.69) is 27.9 Å². The van der Waals surface area contributed by atoms with Gasteiger partial charge in [-0.2, -0.15) is 0 Å². The van der Waals surface area contributed by atoms with Crippen LogP contribution in [-0.4, -0.2) is 5.91 Å². The fraction of sp³-hybridized carbons (Fsp3) is 0. The van der Waals surface area contributed by atoms with E-state index in [4.69, 9.17) is 17.3 Å². The molecule has 2 aromatic rings. The Bertz CT molecular complexity index is 584. The molecule has 0 aliphatic carbocycles. The van der Waals surface area contributed by atoms with Gasteiger partial charge in [0.2, 0.25) is 0 Å². The molecule has 0 atom stereocenters. The summed E-state index contributed by atoms with van der Waals surface area (Å²) in [4.78, 5) is 12.0. The second kappa shape index (κ2) is 5.58. The van der Waals surface area contributed by atoms with Crippen molar-refractivity contribution < 1.29 is 4.79 Å². The number of halogens is 2. The van der Waals surface area contributed by atoms with Crippen LogP contribution in [0.5, 0.6) is 0 Å². The molecule has 0 aliphatic rings. The van der Waals surface area contributed by atoms with E-state index in [1.165, 1.54) is 0 Å². The lowest BCUT2D eigenvalue weighted by atomic mass is 10.1. The Kier molecular flexibility index (Phi) is 4.08. The molecule has 3 nitrogen and oxygen atoms in total. The number of nitrogen functional groups attached to an aromatic ring is 1. The molecular formula is C13H10ClIN2O. The molecule has 2 aromatic carbocycles. The first-order valence-electron chi connectivity index (χ1n) is 5.19. The molecule has 1 amide bonds. The lowest BCUT2D eigenvalue weighted by Gasteiger charge is -2.08. The van der Waals surface area contributed by atoms with E-state index >= 15 is 0 Å². The highest BCUT2D eigenvalue weighted by molar-refractivity contribution is 14.1. The van der Waals surface area contributed by atoms with Crippen LogP contribution in [0.15, 0.2) is 42.5 Å². The average molecular weight is 373 g/mol. The minimum atomic E-state index is -0.267. The molecule has 0 bridgehead atoms. The maximum Gasteiger partial charge on any atom is 0.257 e. The van der Waals surface area contributed by atoms with Gasteiger partial charge < -0.3 is 11.1 Å². The minimum absolute atomic E-state index is 0.267. The third-order valence-electron chi connectivity index (χ3n) is 2.40. The first-order chi connectivity index (χ1) is 8.58. The van der Waals surface area contributed by atoms with Gasteiger partial charge in [-0.25, -0.2) is 0 Å². The number of hydrogen-bond donors (Lipinski definition) is 2. The first kappa shape index (κ1) is 13.2. The number of nitrogens with one attached hydrogen (secondary N) is 1. The van der Waals surface area contributed by atoms with Gasteiger partial charge in [-0.1, -0.05) is 17.7 Å². The van der Waals surface area contributed by atoms with Crippen molar-refractivity contribution >= 4 is 51.5 Å². The van der Waals surface area contributed by atoms with Crippen LogP contribution in [0.25, 0.3) is 0 Å². The Morgan fingerprint density at radius 3 is 2.50 bits per heavy atom. The summed E-state index contributed by atoms with van der Waals surface area (Å²) in [5, 5.41) is 3.15. The number of amides is 1. The summed E-state index contributed by atoms with van der Waals surface area (Å²) in [6, 6.07) is 12.5. The summed E-state index contributed by atoms with van der Waals surface area (Å²) >= 11 is 8.08. The summed E-state index contributed by atoms with van der Waals surface area (Å²) in [5.74, 6) is -0.267. The predicted octanol–water partition coefficient (Wildman–Crippen LogP) is 3.78. The summed E-state index contributed by atoms with van der Waals surface area (Å²) in [6.45, 7) is 0. The van der Waals surface area contributed by atoms with Crippen LogP contribution in [-0.2, 0) is 0 Å². The Labute approximate surface area is 123 Å². The summed E-state index contributed by atoms with van der Waals surface area (Å²) < 4.78 is 1.10. The quantitative estimate of drug-likeness (QED) is 0.623. The minimum Gasteiger partial charge on any atom is -0.397 e. The Morgan fingerprint density at radius 1 is 1.17 bits per heavy atom. The molecule has 5 heteroatoms. The van der Waals surface area contributed by atoms with Crippen LogP contribution in [0, 0.1) is 3.57 Å². The standard InChI is InChI=1S/C13H10ClIN2O/c14-11-3-1-2-10(12(11)16)13(18)17-9-6-4-8(15)5-7-9/h1-7H,16H2,(H,17,18). The molecule has 0 spiro atoms. The lowest BCUT2D eigenvalue weighted by Crippen LogP contribution is -2.14. The molecular weight excluding hydrogens is 363 g/mol. The zero-order chi connectivity index (χ0) is 13.1. The van der Waals surface area contributed by atoms with Crippen molar-refractivity contribution in [3.63, 3.8) is 0 Å².